The molecule has 0 radical (unpaired) electrons. The van der Waals surface area contributed by atoms with Crippen LogP contribution in [0.15, 0.2) is 48.5 Å². The first-order valence-corrected chi connectivity index (χ1v) is 9.67. The number of hydrogen-bond acceptors (Lipinski definition) is 2. The molecule has 0 aromatic heterocycles. The smallest absolute Gasteiger partial charge is 0.335 e. The van der Waals surface area contributed by atoms with Gasteiger partial charge in [-0.1, -0.05) is 42.0 Å². The van der Waals surface area contributed by atoms with Crippen molar-refractivity contribution in [2.45, 2.75) is 38.0 Å². The molecular weight excluding hydrogens is 338 g/mol. The molecule has 2 aromatic carbocycles. The number of carboxylic acids is 1. The van der Waals surface area contributed by atoms with Crippen molar-refractivity contribution in [3.05, 3.63) is 70.8 Å². The van der Waals surface area contributed by atoms with Crippen molar-refractivity contribution in [2.24, 2.45) is 5.92 Å². The lowest BCUT2D eigenvalue weighted by molar-refractivity contribution is -0.133. The third-order valence-electron chi connectivity index (χ3n) is 6.03. The van der Waals surface area contributed by atoms with E-state index in [2.05, 4.69) is 31.2 Å². The minimum absolute atomic E-state index is 0.271. The Labute approximate surface area is 159 Å². The highest BCUT2D eigenvalue weighted by Crippen LogP contribution is 2.50. The van der Waals surface area contributed by atoms with Gasteiger partial charge in [0.15, 0.2) is 0 Å². The molecule has 1 heterocycles. The number of aryl methyl sites for hydroxylation is 1. The van der Waals surface area contributed by atoms with E-state index in [-0.39, 0.29) is 11.3 Å². The minimum atomic E-state index is -0.895. The Morgan fingerprint density at radius 1 is 1.15 bits per heavy atom. The van der Waals surface area contributed by atoms with E-state index in [4.69, 9.17) is 5.11 Å². The SMILES string of the molecule is Cc1ccc(C2(C(=O)N3CCC(Cc4cccc(C(=O)O)c4)C3)CC2)cc1. The zero-order valence-electron chi connectivity index (χ0n) is 15.6. The standard InChI is InChI=1S/C23H25NO3/c1-16-5-7-20(8-6-16)23(10-11-23)22(27)24-12-9-18(15-24)13-17-3-2-4-19(14-17)21(25)26/h2-8,14,18H,9-13,15H2,1H3,(H,25,26). The van der Waals surface area contributed by atoms with E-state index in [0.29, 0.717) is 11.5 Å². The third-order valence-corrected chi connectivity index (χ3v) is 6.03. The molecule has 1 saturated carbocycles. The summed E-state index contributed by atoms with van der Waals surface area (Å²) in [7, 11) is 0. The van der Waals surface area contributed by atoms with Gasteiger partial charge in [-0.25, -0.2) is 4.79 Å². The molecule has 1 saturated heterocycles. The molecule has 4 nitrogen and oxygen atoms in total. The lowest BCUT2D eigenvalue weighted by atomic mass is 9.93. The van der Waals surface area contributed by atoms with Crippen molar-refractivity contribution in [2.75, 3.05) is 13.1 Å². The first kappa shape index (κ1) is 17.8. The molecule has 1 amide bonds. The van der Waals surface area contributed by atoms with Gasteiger partial charge in [-0.3, -0.25) is 4.79 Å². The van der Waals surface area contributed by atoms with Crippen LogP contribution in [0.2, 0.25) is 0 Å². The number of carboxylic acid groups (broad SMARTS) is 1. The molecular formula is C23H25NO3. The highest BCUT2D eigenvalue weighted by Gasteiger charge is 2.53. The quantitative estimate of drug-likeness (QED) is 0.879. The van der Waals surface area contributed by atoms with Crippen LogP contribution in [-0.4, -0.2) is 35.0 Å². The molecule has 140 valence electrons. The number of amides is 1. The van der Waals surface area contributed by atoms with Crippen molar-refractivity contribution in [1.82, 2.24) is 4.90 Å². The van der Waals surface area contributed by atoms with E-state index in [1.54, 1.807) is 18.2 Å². The second-order valence-electron chi connectivity index (χ2n) is 8.06. The summed E-state index contributed by atoms with van der Waals surface area (Å²) < 4.78 is 0. The summed E-state index contributed by atoms with van der Waals surface area (Å²) in [6, 6.07) is 15.5. The number of benzene rings is 2. The normalized spacial score (nSPS) is 20.5. The largest absolute Gasteiger partial charge is 0.478 e. The molecule has 1 aliphatic carbocycles. The van der Waals surface area contributed by atoms with Gasteiger partial charge in [-0.2, -0.15) is 0 Å². The number of carbonyl (C=O) groups is 2. The van der Waals surface area contributed by atoms with Crippen LogP contribution in [0.5, 0.6) is 0 Å². The summed E-state index contributed by atoms with van der Waals surface area (Å²) >= 11 is 0. The van der Waals surface area contributed by atoms with Crippen LogP contribution in [-0.2, 0) is 16.6 Å². The van der Waals surface area contributed by atoms with Crippen LogP contribution in [0.25, 0.3) is 0 Å². The van der Waals surface area contributed by atoms with Crippen LogP contribution < -0.4 is 0 Å². The number of aromatic carboxylic acids is 1. The molecule has 1 N–H and O–H groups in total. The second kappa shape index (κ2) is 6.84. The van der Waals surface area contributed by atoms with Gasteiger partial charge in [-0.15, -0.1) is 0 Å². The Hall–Kier alpha value is -2.62. The summed E-state index contributed by atoms with van der Waals surface area (Å²) in [5, 5.41) is 9.15. The fourth-order valence-corrected chi connectivity index (χ4v) is 4.27. The van der Waals surface area contributed by atoms with E-state index in [9.17, 15) is 9.59 Å². The highest BCUT2D eigenvalue weighted by molar-refractivity contribution is 5.91. The van der Waals surface area contributed by atoms with Gasteiger partial charge < -0.3 is 10.0 Å². The lowest BCUT2D eigenvalue weighted by Gasteiger charge is -2.24. The predicted octanol–water partition coefficient (Wildman–Crippen LogP) is 3.82. The van der Waals surface area contributed by atoms with Gasteiger partial charge in [0.2, 0.25) is 5.91 Å². The average molecular weight is 363 g/mol. The molecule has 1 aliphatic heterocycles. The monoisotopic (exact) mass is 363 g/mol. The second-order valence-corrected chi connectivity index (χ2v) is 8.06. The molecule has 2 fully saturated rings. The van der Waals surface area contributed by atoms with Gasteiger partial charge in [0.1, 0.15) is 0 Å². The molecule has 27 heavy (non-hydrogen) atoms. The van der Waals surface area contributed by atoms with Gasteiger partial charge in [0.25, 0.3) is 0 Å². The summed E-state index contributed by atoms with van der Waals surface area (Å²) in [6.07, 6.45) is 3.68. The Balaban J connectivity index is 1.42. The van der Waals surface area contributed by atoms with Crippen molar-refractivity contribution >= 4 is 11.9 Å². The van der Waals surface area contributed by atoms with E-state index >= 15 is 0 Å². The summed E-state index contributed by atoms with van der Waals surface area (Å²) in [5.41, 5.74) is 3.43. The van der Waals surface area contributed by atoms with Crippen LogP contribution in [0.1, 0.15) is 46.3 Å². The Morgan fingerprint density at radius 2 is 1.89 bits per heavy atom. The summed E-state index contributed by atoms with van der Waals surface area (Å²) in [6.45, 7) is 3.63. The van der Waals surface area contributed by atoms with Gasteiger partial charge >= 0.3 is 5.97 Å². The third kappa shape index (κ3) is 3.48. The Morgan fingerprint density at radius 3 is 2.56 bits per heavy atom. The van der Waals surface area contributed by atoms with Gasteiger partial charge in [-0.05, 0) is 61.8 Å². The summed E-state index contributed by atoms with van der Waals surface area (Å²) in [4.78, 5) is 26.4. The fourth-order valence-electron chi connectivity index (χ4n) is 4.27. The highest BCUT2D eigenvalue weighted by atomic mass is 16.4. The maximum atomic E-state index is 13.2. The first-order valence-electron chi connectivity index (χ1n) is 9.67. The zero-order valence-corrected chi connectivity index (χ0v) is 15.6. The molecule has 1 unspecified atom stereocenters. The molecule has 2 aliphatic rings. The van der Waals surface area contributed by atoms with Crippen molar-refractivity contribution < 1.29 is 14.7 Å². The Bertz CT molecular complexity index is 867. The number of rotatable bonds is 5. The molecule has 4 rings (SSSR count). The number of carbonyl (C=O) groups excluding carboxylic acids is 1. The van der Waals surface area contributed by atoms with E-state index in [0.717, 1.165) is 49.9 Å². The van der Waals surface area contributed by atoms with Crippen LogP contribution in [0, 0.1) is 12.8 Å². The average Bonchev–Trinajstić information content (AvgIpc) is 3.35. The number of hydrogen-bond donors (Lipinski definition) is 1. The molecule has 4 heteroatoms. The topological polar surface area (TPSA) is 57.6 Å². The van der Waals surface area contributed by atoms with Crippen LogP contribution in [0.4, 0.5) is 0 Å². The van der Waals surface area contributed by atoms with Crippen molar-refractivity contribution in [3.8, 4) is 0 Å². The van der Waals surface area contributed by atoms with Crippen LogP contribution in [0.3, 0.4) is 0 Å². The van der Waals surface area contributed by atoms with Gasteiger partial charge in [0.05, 0.1) is 11.0 Å². The van der Waals surface area contributed by atoms with E-state index < -0.39 is 5.97 Å². The molecule has 0 bridgehead atoms. The van der Waals surface area contributed by atoms with E-state index in [1.807, 2.05) is 11.0 Å². The minimum Gasteiger partial charge on any atom is -0.478 e. The van der Waals surface area contributed by atoms with E-state index in [1.165, 1.54) is 5.56 Å². The van der Waals surface area contributed by atoms with Crippen molar-refractivity contribution in [3.63, 3.8) is 0 Å². The first-order chi connectivity index (χ1) is 13.0. The van der Waals surface area contributed by atoms with Gasteiger partial charge in [0, 0.05) is 13.1 Å². The number of nitrogens with zero attached hydrogens (tertiary/aromatic N) is 1. The fraction of sp³-hybridized carbons (Fsp3) is 0.391. The molecule has 1 atom stereocenters. The predicted molar refractivity (Wildman–Crippen MR) is 104 cm³/mol. The zero-order chi connectivity index (χ0) is 19.0. The number of likely N-dealkylation sites (tertiary alicyclic amines) is 1. The summed E-state index contributed by atoms with van der Waals surface area (Å²) in [5.74, 6) is -0.228. The maximum Gasteiger partial charge on any atom is 0.335 e. The molecule has 0 spiro atoms. The Kier molecular flexibility index (Phi) is 4.50. The molecule has 2 aromatic rings. The lowest BCUT2D eigenvalue weighted by Crippen LogP contribution is -2.38. The maximum absolute atomic E-state index is 13.2. The van der Waals surface area contributed by atoms with Crippen LogP contribution >= 0.6 is 0 Å². The van der Waals surface area contributed by atoms with Crippen molar-refractivity contribution in [1.29, 1.82) is 0 Å².